The summed E-state index contributed by atoms with van der Waals surface area (Å²) in [7, 11) is -3.07. The van der Waals surface area contributed by atoms with E-state index in [4.69, 9.17) is 4.74 Å². The van der Waals surface area contributed by atoms with Crippen LogP contribution in [0.15, 0.2) is 24.3 Å². The number of sulfone groups is 1. The third-order valence-corrected chi connectivity index (χ3v) is 5.78. The monoisotopic (exact) mass is 337 g/mol. The van der Waals surface area contributed by atoms with Gasteiger partial charge in [-0.05, 0) is 36.8 Å². The number of ether oxygens (including phenoxy) is 1. The zero-order chi connectivity index (χ0) is 16.7. The predicted molar refractivity (Wildman–Crippen MR) is 89.5 cm³/mol. The summed E-state index contributed by atoms with van der Waals surface area (Å²) in [4.78, 5) is 14.6. The standard InChI is InChI=1S/C17H23NO4S/c1-3-13-11-18(14-6-4-5-7-15(14)22-13)16(19)10-17(8-9-17)12-23(2,20)21/h4-7,13H,3,8-12H2,1-2H3/t13-/m0/s1. The number of amides is 1. The summed E-state index contributed by atoms with van der Waals surface area (Å²) in [6.45, 7) is 2.56. The molecule has 1 heterocycles. The average Bonchev–Trinajstić information content (AvgIpc) is 3.22. The zero-order valence-corrected chi connectivity index (χ0v) is 14.4. The quantitative estimate of drug-likeness (QED) is 0.828. The largest absolute Gasteiger partial charge is 0.486 e. The summed E-state index contributed by atoms with van der Waals surface area (Å²) >= 11 is 0. The number of nitrogens with zero attached hydrogens (tertiary/aromatic N) is 1. The summed E-state index contributed by atoms with van der Waals surface area (Å²) in [5.41, 5.74) is 0.442. The highest BCUT2D eigenvalue weighted by atomic mass is 32.2. The Morgan fingerprint density at radius 2 is 2.04 bits per heavy atom. The molecule has 3 rings (SSSR count). The van der Waals surface area contributed by atoms with Gasteiger partial charge >= 0.3 is 0 Å². The first-order valence-electron chi connectivity index (χ1n) is 8.06. The summed E-state index contributed by atoms with van der Waals surface area (Å²) in [5.74, 6) is 0.835. The van der Waals surface area contributed by atoms with E-state index in [-0.39, 0.29) is 23.2 Å². The van der Waals surface area contributed by atoms with Crippen LogP contribution in [0, 0.1) is 5.41 Å². The molecule has 0 spiro atoms. The van der Waals surface area contributed by atoms with Gasteiger partial charge in [-0.3, -0.25) is 4.79 Å². The number of hydrogen-bond donors (Lipinski definition) is 0. The Morgan fingerprint density at radius 3 is 2.65 bits per heavy atom. The van der Waals surface area contributed by atoms with Gasteiger partial charge in [0.25, 0.3) is 0 Å². The molecule has 0 N–H and O–H groups in total. The fraction of sp³-hybridized carbons (Fsp3) is 0.588. The van der Waals surface area contributed by atoms with Gasteiger partial charge in [-0.15, -0.1) is 0 Å². The molecule has 0 saturated heterocycles. The van der Waals surface area contributed by atoms with Crippen LogP contribution < -0.4 is 9.64 Å². The van der Waals surface area contributed by atoms with E-state index < -0.39 is 9.84 Å². The lowest BCUT2D eigenvalue weighted by Crippen LogP contribution is -2.44. The molecule has 1 aromatic carbocycles. The van der Waals surface area contributed by atoms with Crippen LogP contribution in [0.3, 0.4) is 0 Å². The van der Waals surface area contributed by atoms with Crippen molar-refractivity contribution in [1.29, 1.82) is 0 Å². The van der Waals surface area contributed by atoms with Crippen LogP contribution in [0.1, 0.15) is 32.6 Å². The van der Waals surface area contributed by atoms with Crippen LogP contribution >= 0.6 is 0 Å². The van der Waals surface area contributed by atoms with Crippen molar-refractivity contribution in [3.8, 4) is 5.75 Å². The number of carbonyl (C=O) groups excluding carboxylic acids is 1. The summed E-state index contributed by atoms with van der Waals surface area (Å²) < 4.78 is 29.1. The normalized spacial score (nSPS) is 22.2. The van der Waals surface area contributed by atoms with Gasteiger partial charge in [0.1, 0.15) is 21.7 Å². The molecule has 0 unspecified atom stereocenters. The Labute approximate surface area is 137 Å². The van der Waals surface area contributed by atoms with E-state index in [1.54, 1.807) is 4.90 Å². The van der Waals surface area contributed by atoms with Gasteiger partial charge in [0.2, 0.25) is 5.91 Å². The van der Waals surface area contributed by atoms with E-state index in [2.05, 4.69) is 0 Å². The van der Waals surface area contributed by atoms with Crippen molar-refractivity contribution in [2.45, 2.75) is 38.7 Å². The molecule has 0 radical (unpaired) electrons. The lowest BCUT2D eigenvalue weighted by Gasteiger charge is -2.35. The van der Waals surface area contributed by atoms with Gasteiger partial charge in [0, 0.05) is 12.7 Å². The van der Waals surface area contributed by atoms with Crippen LogP contribution in [0.2, 0.25) is 0 Å². The highest BCUT2D eigenvalue weighted by Gasteiger charge is 2.48. The Hall–Kier alpha value is -1.56. The second-order valence-corrected chi connectivity index (χ2v) is 9.01. The molecule has 0 bridgehead atoms. The Kier molecular flexibility index (Phi) is 4.12. The van der Waals surface area contributed by atoms with Crippen LogP contribution in [-0.4, -0.2) is 39.0 Å². The maximum absolute atomic E-state index is 12.8. The highest BCUT2D eigenvalue weighted by molar-refractivity contribution is 7.90. The molecular weight excluding hydrogens is 314 g/mol. The Morgan fingerprint density at radius 1 is 1.35 bits per heavy atom. The van der Waals surface area contributed by atoms with Crippen molar-refractivity contribution in [2.75, 3.05) is 23.5 Å². The second-order valence-electron chi connectivity index (χ2n) is 6.87. The number of para-hydroxylation sites is 2. The van der Waals surface area contributed by atoms with Crippen LogP contribution in [-0.2, 0) is 14.6 Å². The van der Waals surface area contributed by atoms with Gasteiger partial charge in [-0.25, -0.2) is 8.42 Å². The van der Waals surface area contributed by atoms with Gasteiger partial charge in [-0.1, -0.05) is 19.1 Å². The van der Waals surface area contributed by atoms with Gasteiger partial charge in [-0.2, -0.15) is 0 Å². The molecule has 1 aliphatic carbocycles. The maximum Gasteiger partial charge on any atom is 0.227 e. The molecule has 6 heteroatoms. The predicted octanol–water partition coefficient (Wildman–Crippen LogP) is 2.41. The minimum atomic E-state index is -3.07. The molecule has 1 amide bonds. The number of rotatable bonds is 5. The molecule has 0 aromatic heterocycles. The van der Waals surface area contributed by atoms with Crippen LogP contribution in [0.4, 0.5) is 5.69 Å². The molecule has 2 aliphatic rings. The Balaban J connectivity index is 1.79. The van der Waals surface area contributed by atoms with Crippen molar-refractivity contribution in [1.82, 2.24) is 0 Å². The first-order chi connectivity index (χ1) is 10.8. The van der Waals surface area contributed by atoms with E-state index in [9.17, 15) is 13.2 Å². The first kappa shape index (κ1) is 16.3. The summed E-state index contributed by atoms with van der Waals surface area (Å²) in [5, 5.41) is 0. The van der Waals surface area contributed by atoms with Crippen molar-refractivity contribution >= 4 is 21.4 Å². The summed E-state index contributed by atoms with van der Waals surface area (Å²) in [6.07, 6.45) is 3.98. The zero-order valence-electron chi connectivity index (χ0n) is 13.6. The average molecular weight is 337 g/mol. The molecule has 126 valence electrons. The first-order valence-corrected chi connectivity index (χ1v) is 10.1. The SMILES string of the molecule is CC[C@H]1CN(C(=O)CC2(CS(C)(=O)=O)CC2)c2ccccc2O1. The van der Waals surface area contributed by atoms with Crippen LogP contribution in [0.5, 0.6) is 5.75 Å². The number of benzene rings is 1. The summed E-state index contributed by atoms with van der Waals surface area (Å²) in [6, 6.07) is 7.54. The molecule has 1 saturated carbocycles. The number of carbonyl (C=O) groups is 1. The number of fused-ring (bicyclic) bond motifs is 1. The third-order valence-electron chi connectivity index (χ3n) is 4.64. The molecule has 1 atom stereocenters. The van der Waals surface area contributed by atoms with Gasteiger partial charge < -0.3 is 9.64 Å². The molecular formula is C17H23NO4S. The molecule has 1 aliphatic heterocycles. The van der Waals surface area contributed by atoms with Gasteiger partial charge in [0.05, 0.1) is 18.0 Å². The smallest absolute Gasteiger partial charge is 0.227 e. The van der Waals surface area contributed by atoms with Crippen molar-refractivity contribution < 1.29 is 17.9 Å². The topological polar surface area (TPSA) is 63.7 Å². The van der Waals surface area contributed by atoms with Gasteiger partial charge in [0.15, 0.2) is 0 Å². The van der Waals surface area contributed by atoms with Crippen molar-refractivity contribution in [2.24, 2.45) is 5.41 Å². The van der Waals surface area contributed by atoms with E-state index in [1.807, 2.05) is 31.2 Å². The molecule has 5 nitrogen and oxygen atoms in total. The van der Waals surface area contributed by atoms with Crippen molar-refractivity contribution in [3.63, 3.8) is 0 Å². The lowest BCUT2D eigenvalue weighted by molar-refractivity contribution is -0.120. The van der Waals surface area contributed by atoms with Crippen LogP contribution in [0.25, 0.3) is 0 Å². The van der Waals surface area contributed by atoms with E-state index in [0.29, 0.717) is 13.0 Å². The molecule has 23 heavy (non-hydrogen) atoms. The number of hydrogen-bond acceptors (Lipinski definition) is 4. The van der Waals surface area contributed by atoms with E-state index in [1.165, 1.54) is 6.26 Å². The minimum absolute atomic E-state index is 0.000324. The minimum Gasteiger partial charge on any atom is -0.486 e. The highest BCUT2D eigenvalue weighted by Crippen LogP contribution is 2.50. The molecule has 1 fully saturated rings. The second kappa shape index (κ2) is 5.82. The molecule has 1 aromatic rings. The maximum atomic E-state index is 12.8. The van der Waals surface area contributed by atoms with E-state index >= 15 is 0 Å². The Bertz CT molecular complexity index is 709. The lowest BCUT2D eigenvalue weighted by atomic mass is 10.0. The fourth-order valence-electron chi connectivity index (χ4n) is 3.27. The third kappa shape index (κ3) is 3.68. The number of anilines is 1. The van der Waals surface area contributed by atoms with Crippen molar-refractivity contribution in [3.05, 3.63) is 24.3 Å². The van der Waals surface area contributed by atoms with E-state index in [0.717, 1.165) is 30.7 Å². The fourth-order valence-corrected chi connectivity index (χ4v) is 4.77.